The van der Waals surface area contributed by atoms with Crippen molar-refractivity contribution in [3.8, 4) is 0 Å². The molecule has 1 atom stereocenters. The lowest BCUT2D eigenvalue weighted by Crippen LogP contribution is -2.38. The van der Waals surface area contributed by atoms with Gasteiger partial charge in [-0.2, -0.15) is 0 Å². The maximum atomic E-state index is 11.9. The molecule has 2 heterocycles. The van der Waals surface area contributed by atoms with Crippen LogP contribution >= 0.6 is 0 Å². The number of carbonyl (C=O) groups excluding carboxylic acids is 1. The molecular formula is C14H22N4O2. The Bertz CT molecular complexity index is 444. The third kappa shape index (κ3) is 4.45. The molecule has 1 aromatic heterocycles. The molecule has 0 radical (unpaired) electrons. The molecular weight excluding hydrogens is 256 g/mol. The first-order valence-corrected chi connectivity index (χ1v) is 6.90. The van der Waals surface area contributed by atoms with Gasteiger partial charge in [-0.3, -0.25) is 9.97 Å². The van der Waals surface area contributed by atoms with Crippen LogP contribution in [0.5, 0.6) is 0 Å². The zero-order valence-corrected chi connectivity index (χ0v) is 12.3. The average Bonchev–Trinajstić information content (AvgIpc) is 2.84. The predicted octanol–water partition coefficient (Wildman–Crippen LogP) is 1.58. The normalized spacial score (nSPS) is 19.1. The molecule has 0 bridgehead atoms. The monoisotopic (exact) mass is 278 g/mol. The van der Waals surface area contributed by atoms with Crippen molar-refractivity contribution in [3.63, 3.8) is 0 Å². The topological polar surface area (TPSA) is 67.3 Å². The van der Waals surface area contributed by atoms with Gasteiger partial charge in [0.2, 0.25) is 0 Å². The number of likely N-dealkylation sites (tertiary alicyclic amines) is 1. The number of aromatic nitrogens is 2. The molecule has 1 N–H and O–H groups in total. The van der Waals surface area contributed by atoms with E-state index in [0.717, 1.165) is 18.7 Å². The predicted molar refractivity (Wildman–Crippen MR) is 75.1 cm³/mol. The summed E-state index contributed by atoms with van der Waals surface area (Å²) in [7, 11) is 0. The molecule has 1 saturated heterocycles. The fourth-order valence-corrected chi connectivity index (χ4v) is 2.09. The van der Waals surface area contributed by atoms with Gasteiger partial charge in [0.25, 0.3) is 0 Å². The van der Waals surface area contributed by atoms with Crippen molar-refractivity contribution in [1.29, 1.82) is 0 Å². The van der Waals surface area contributed by atoms with Gasteiger partial charge in [-0.05, 0) is 27.2 Å². The molecule has 0 spiro atoms. The minimum Gasteiger partial charge on any atom is -0.444 e. The lowest BCUT2D eigenvalue weighted by Gasteiger charge is -2.24. The van der Waals surface area contributed by atoms with E-state index >= 15 is 0 Å². The first-order valence-electron chi connectivity index (χ1n) is 6.90. The van der Waals surface area contributed by atoms with Crippen LogP contribution in [0, 0.1) is 0 Å². The van der Waals surface area contributed by atoms with Crippen molar-refractivity contribution in [1.82, 2.24) is 20.2 Å². The minimum atomic E-state index is -0.442. The summed E-state index contributed by atoms with van der Waals surface area (Å²) < 4.78 is 5.37. The second kappa shape index (κ2) is 6.17. The van der Waals surface area contributed by atoms with Crippen LogP contribution in [0.15, 0.2) is 18.6 Å². The second-order valence-corrected chi connectivity index (χ2v) is 5.99. The smallest absolute Gasteiger partial charge is 0.410 e. The van der Waals surface area contributed by atoms with Gasteiger partial charge >= 0.3 is 6.09 Å². The molecule has 6 nitrogen and oxygen atoms in total. The number of amides is 1. The Morgan fingerprint density at radius 3 is 2.95 bits per heavy atom. The van der Waals surface area contributed by atoms with Gasteiger partial charge in [-0.15, -0.1) is 0 Å². The average molecular weight is 278 g/mol. The van der Waals surface area contributed by atoms with Crippen LogP contribution in [-0.4, -0.2) is 45.7 Å². The number of nitrogens with one attached hydrogen (secondary N) is 1. The van der Waals surface area contributed by atoms with Crippen LogP contribution in [0.25, 0.3) is 0 Å². The zero-order valence-electron chi connectivity index (χ0n) is 12.3. The molecule has 0 unspecified atom stereocenters. The Morgan fingerprint density at radius 2 is 2.30 bits per heavy atom. The van der Waals surface area contributed by atoms with E-state index in [2.05, 4.69) is 15.3 Å². The summed E-state index contributed by atoms with van der Waals surface area (Å²) in [6, 6.07) is 0.282. The van der Waals surface area contributed by atoms with Crippen LogP contribution in [0.1, 0.15) is 32.9 Å². The van der Waals surface area contributed by atoms with Crippen molar-refractivity contribution in [2.24, 2.45) is 0 Å². The van der Waals surface area contributed by atoms with Crippen LogP contribution in [0.4, 0.5) is 4.79 Å². The summed E-state index contributed by atoms with van der Waals surface area (Å²) in [5.41, 5.74) is 0.464. The Morgan fingerprint density at radius 1 is 1.50 bits per heavy atom. The molecule has 0 aromatic carbocycles. The maximum Gasteiger partial charge on any atom is 0.410 e. The summed E-state index contributed by atoms with van der Waals surface area (Å²) in [5, 5.41) is 3.39. The number of hydrogen-bond donors (Lipinski definition) is 1. The highest BCUT2D eigenvalue weighted by molar-refractivity contribution is 5.68. The van der Waals surface area contributed by atoms with Crippen LogP contribution < -0.4 is 5.32 Å². The van der Waals surface area contributed by atoms with Crippen molar-refractivity contribution >= 4 is 6.09 Å². The first kappa shape index (κ1) is 14.7. The van der Waals surface area contributed by atoms with Crippen molar-refractivity contribution < 1.29 is 9.53 Å². The first-order chi connectivity index (χ1) is 9.44. The summed E-state index contributed by atoms with van der Waals surface area (Å²) >= 11 is 0. The zero-order chi connectivity index (χ0) is 14.6. The van der Waals surface area contributed by atoms with Gasteiger partial charge in [-0.25, -0.2) is 4.79 Å². The van der Waals surface area contributed by atoms with Crippen LogP contribution in [0.2, 0.25) is 0 Å². The van der Waals surface area contributed by atoms with Crippen LogP contribution in [0.3, 0.4) is 0 Å². The fraction of sp³-hybridized carbons (Fsp3) is 0.643. The number of rotatable bonds is 3. The Hall–Kier alpha value is -1.69. The van der Waals surface area contributed by atoms with E-state index in [4.69, 9.17) is 4.74 Å². The van der Waals surface area contributed by atoms with Gasteiger partial charge in [0, 0.05) is 44.3 Å². The van der Waals surface area contributed by atoms with Gasteiger partial charge in [0.1, 0.15) is 5.60 Å². The molecule has 6 heteroatoms. The third-order valence-corrected chi connectivity index (χ3v) is 3.03. The molecule has 0 saturated carbocycles. The SMILES string of the molecule is CC(C)(C)OC(=O)N1CC[C@@H](NCc2cnccn2)C1. The summed E-state index contributed by atoms with van der Waals surface area (Å²) in [4.78, 5) is 21.9. The standard InChI is InChI=1S/C14H22N4O2/c1-14(2,3)20-13(19)18-7-4-11(10-18)17-9-12-8-15-5-6-16-12/h5-6,8,11,17H,4,7,9-10H2,1-3H3/t11-/m1/s1. The number of hydrogen-bond acceptors (Lipinski definition) is 5. The highest BCUT2D eigenvalue weighted by Gasteiger charge is 2.29. The fourth-order valence-electron chi connectivity index (χ4n) is 2.09. The minimum absolute atomic E-state index is 0.235. The number of nitrogens with zero attached hydrogens (tertiary/aromatic N) is 3. The molecule has 1 aromatic rings. The third-order valence-electron chi connectivity index (χ3n) is 3.03. The number of carbonyl (C=O) groups is 1. The van der Waals surface area contributed by atoms with Gasteiger partial charge < -0.3 is 15.0 Å². The molecule has 20 heavy (non-hydrogen) atoms. The van der Waals surface area contributed by atoms with Crippen molar-refractivity contribution in [2.75, 3.05) is 13.1 Å². The molecule has 1 aliphatic heterocycles. The quantitative estimate of drug-likeness (QED) is 0.909. The maximum absolute atomic E-state index is 11.9. The lowest BCUT2D eigenvalue weighted by molar-refractivity contribution is 0.0291. The van der Waals surface area contributed by atoms with E-state index in [-0.39, 0.29) is 12.1 Å². The second-order valence-electron chi connectivity index (χ2n) is 5.99. The van der Waals surface area contributed by atoms with E-state index in [9.17, 15) is 4.79 Å². The Balaban J connectivity index is 1.76. The van der Waals surface area contributed by atoms with E-state index in [0.29, 0.717) is 13.1 Å². The van der Waals surface area contributed by atoms with E-state index in [1.807, 2.05) is 20.8 Å². The Kier molecular flexibility index (Phi) is 4.54. The Labute approximate surface area is 119 Å². The van der Waals surface area contributed by atoms with Crippen molar-refractivity contribution in [3.05, 3.63) is 24.3 Å². The summed E-state index contributed by atoms with van der Waals surface area (Å²) in [5.74, 6) is 0. The van der Waals surface area contributed by atoms with E-state index < -0.39 is 5.60 Å². The van der Waals surface area contributed by atoms with Gasteiger partial charge in [0.05, 0.1) is 5.69 Å². The lowest BCUT2D eigenvalue weighted by atomic mass is 10.2. The van der Waals surface area contributed by atoms with E-state index in [1.54, 1.807) is 23.5 Å². The highest BCUT2D eigenvalue weighted by Crippen LogP contribution is 2.15. The van der Waals surface area contributed by atoms with Gasteiger partial charge in [0.15, 0.2) is 0 Å². The van der Waals surface area contributed by atoms with Gasteiger partial charge in [-0.1, -0.05) is 0 Å². The highest BCUT2D eigenvalue weighted by atomic mass is 16.6. The summed E-state index contributed by atoms with van der Waals surface area (Å²) in [6.07, 6.45) is 5.77. The van der Waals surface area contributed by atoms with Crippen molar-refractivity contribution in [2.45, 2.75) is 45.4 Å². The molecule has 2 rings (SSSR count). The molecule has 1 amide bonds. The largest absolute Gasteiger partial charge is 0.444 e. The molecule has 110 valence electrons. The number of ether oxygens (including phenoxy) is 1. The summed E-state index contributed by atoms with van der Waals surface area (Å²) in [6.45, 7) is 7.71. The molecule has 1 fully saturated rings. The molecule has 1 aliphatic rings. The van der Waals surface area contributed by atoms with Crippen LogP contribution in [-0.2, 0) is 11.3 Å². The van der Waals surface area contributed by atoms with E-state index in [1.165, 1.54) is 0 Å². The molecule has 0 aliphatic carbocycles.